The van der Waals surface area contributed by atoms with E-state index in [2.05, 4.69) is 5.32 Å². The zero-order chi connectivity index (χ0) is 10.7. The molecular weight excluding hydrogens is 233 g/mol. The molecule has 1 unspecified atom stereocenters. The summed E-state index contributed by atoms with van der Waals surface area (Å²) in [5.41, 5.74) is 1.08. The van der Waals surface area contributed by atoms with E-state index in [0.29, 0.717) is 6.04 Å². The van der Waals surface area contributed by atoms with E-state index in [1.54, 1.807) is 6.07 Å². The molecule has 1 aromatic carbocycles. The van der Waals surface area contributed by atoms with E-state index < -0.39 is 0 Å². The van der Waals surface area contributed by atoms with Crippen LogP contribution in [0.25, 0.3) is 0 Å². The average molecular weight is 246 g/mol. The largest absolute Gasteiger partial charge is 0.309 e. The number of benzene rings is 1. The standard InChI is InChI=1S/C11H13ClFNS/c12-9-6-8(2-3-10(9)13)11-7-15-5-1-4-14-11/h2-3,6,11,14H,1,4-5,7H2. The Hall–Kier alpha value is -0.250. The second kappa shape index (κ2) is 5.19. The maximum Gasteiger partial charge on any atom is 0.141 e. The van der Waals surface area contributed by atoms with Gasteiger partial charge in [0.25, 0.3) is 0 Å². The van der Waals surface area contributed by atoms with Gasteiger partial charge in [-0.3, -0.25) is 0 Å². The van der Waals surface area contributed by atoms with Gasteiger partial charge in [-0.05, 0) is 36.4 Å². The molecule has 1 heterocycles. The summed E-state index contributed by atoms with van der Waals surface area (Å²) >= 11 is 7.69. The first kappa shape index (κ1) is 11.2. The number of rotatable bonds is 1. The summed E-state index contributed by atoms with van der Waals surface area (Å²) < 4.78 is 13.0. The number of hydrogen-bond donors (Lipinski definition) is 1. The molecule has 1 saturated heterocycles. The van der Waals surface area contributed by atoms with Gasteiger partial charge in [0.05, 0.1) is 5.02 Å². The maximum atomic E-state index is 13.0. The molecule has 15 heavy (non-hydrogen) atoms. The lowest BCUT2D eigenvalue weighted by atomic mass is 10.1. The fourth-order valence-electron chi connectivity index (χ4n) is 1.65. The van der Waals surface area contributed by atoms with Crippen molar-refractivity contribution < 1.29 is 4.39 Å². The van der Waals surface area contributed by atoms with Crippen LogP contribution in [0.15, 0.2) is 18.2 Å². The van der Waals surface area contributed by atoms with Crippen molar-refractivity contribution in [1.29, 1.82) is 0 Å². The van der Waals surface area contributed by atoms with E-state index in [9.17, 15) is 4.39 Å². The molecule has 0 saturated carbocycles. The molecule has 0 bridgehead atoms. The first-order valence-corrected chi connectivity index (χ1v) is 6.57. The Morgan fingerprint density at radius 3 is 3.13 bits per heavy atom. The van der Waals surface area contributed by atoms with Gasteiger partial charge >= 0.3 is 0 Å². The first-order chi connectivity index (χ1) is 7.27. The molecule has 0 aliphatic carbocycles. The third-order valence-corrected chi connectivity index (χ3v) is 3.92. The van der Waals surface area contributed by atoms with E-state index in [4.69, 9.17) is 11.6 Å². The molecule has 1 fully saturated rings. The topological polar surface area (TPSA) is 12.0 Å². The first-order valence-electron chi connectivity index (χ1n) is 5.03. The lowest BCUT2D eigenvalue weighted by Crippen LogP contribution is -2.22. The Labute approximate surface area is 98.4 Å². The summed E-state index contributed by atoms with van der Waals surface area (Å²) in [6.45, 7) is 1.02. The van der Waals surface area contributed by atoms with Crippen LogP contribution in [-0.2, 0) is 0 Å². The smallest absolute Gasteiger partial charge is 0.141 e. The quantitative estimate of drug-likeness (QED) is 0.815. The van der Waals surface area contributed by atoms with Crippen LogP contribution in [0.3, 0.4) is 0 Å². The number of nitrogens with one attached hydrogen (secondary N) is 1. The molecule has 1 atom stereocenters. The zero-order valence-corrected chi connectivity index (χ0v) is 9.87. The third-order valence-electron chi connectivity index (χ3n) is 2.49. The maximum absolute atomic E-state index is 13.0. The number of hydrogen-bond acceptors (Lipinski definition) is 2. The molecule has 0 spiro atoms. The van der Waals surface area contributed by atoms with Crippen LogP contribution in [0, 0.1) is 5.82 Å². The van der Waals surface area contributed by atoms with Crippen LogP contribution in [0.2, 0.25) is 5.02 Å². The van der Waals surface area contributed by atoms with E-state index in [1.807, 2.05) is 17.8 Å². The Balaban J connectivity index is 2.16. The normalized spacial score (nSPS) is 22.4. The molecule has 1 aromatic rings. The third kappa shape index (κ3) is 2.86. The van der Waals surface area contributed by atoms with Gasteiger partial charge in [-0.15, -0.1) is 0 Å². The highest BCUT2D eigenvalue weighted by molar-refractivity contribution is 7.99. The van der Waals surface area contributed by atoms with Crippen LogP contribution in [0.1, 0.15) is 18.0 Å². The minimum Gasteiger partial charge on any atom is -0.309 e. The fraction of sp³-hybridized carbons (Fsp3) is 0.455. The van der Waals surface area contributed by atoms with Crippen molar-refractivity contribution in [2.24, 2.45) is 0 Å². The molecule has 1 N–H and O–H groups in total. The minimum absolute atomic E-state index is 0.212. The molecule has 82 valence electrons. The van der Waals surface area contributed by atoms with E-state index in [1.165, 1.54) is 18.2 Å². The zero-order valence-electron chi connectivity index (χ0n) is 8.30. The van der Waals surface area contributed by atoms with Gasteiger partial charge in [-0.2, -0.15) is 11.8 Å². The minimum atomic E-state index is -0.346. The van der Waals surface area contributed by atoms with Crippen molar-refractivity contribution >= 4 is 23.4 Å². The van der Waals surface area contributed by atoms with Crippen molar-refractivity contribution in [2.45, 2.75) is 12.5 Å². The van der Waals surface area contributed by atoms with Crippen LogP contribution in [0.4, 0.5) is 4.39 Å². The van der Waals surface area contributed by atoms with Crippen LogP contribution in [0.5, 0.6) is 0 Å². The molecule has 0 radical (unpaired) electrons. The van der Waals surface area contributed by atoms with Crippen molar-refractivity contribution in [2.75, 3.05) is 18.1 Å². The van der Waals surface area contributed by atoms with Gasteiger partial charge in [0.2, 0.25) is 0 Å². The van der Waals surface area contributed by atoms with Gasteiger partial charge in [-0.25, -0.2) is 4.39 Å². The Morgan fingerprint density at radius 2 is 2.33 bits per heavy atom. The van der Waals surface area contributed by atoms with Gasteiger partial charge in [0.15, 0.2) is 0 Å². The Bertz CT molecular complexity index is 337. The lowest BCUT2D eigenvalue weighted by Gasteiger charge is -2.15. The van der Waals surface area contributed by atoms with Crippen molar-refractivity contribution in [1.82, 2.24) is 5.32 Å². The van der Waals surface area contributed by atoms with Gasteiger partial charge in [0.1, 0.15) is 5.82 Å². The highest BCUT2D eigenvalue weighted by atomic mass is 35.5. The number of halogens is 2. The summed E-state index contributed by atoms with van der Waals surface area (Å²) in [7, 11) is 0. The summed E-state index contributed by atoms with van der Waals surface area (Å²) in [6, 6.07) is 5.27. The molecule has 4 heteroatoms. The van der Waals surface area contributed by atoms with Crippen molar-refractivity contribution in [3.05, 3.63) is 34.6 Å². The van der Waals surface area contributed by atoms with Crippen LogP contribution in [-0.4, -0.2) is 18.1 Å². The molecular formula is C11H13ClFNS. The van der Waals surface area contributed by atoms with Gasteiger partial charge in [-0.1, -0.05) is 17.7 Å². The summed E-state index contributed by atoms with van der Waals surface area (Å²) in [4.78, 5) is 0. The second-order valence-corrected chi connectivity index (χ2v) is 5.17. The highest BCUT2D eigenvalue weighted by Crippen LogP contribution is 2.25. The predicted octanol–water partition coefficient (Wildman–Crippen LogP) is 3.25. The van der Waals surface area contributed by atoms with Crippen LogP contribution >= 0.6 is 23.4 Å². The van der Waals surface area contributed by atoms with E-state index in [0.717, 1.165) is 17.9 Å². The Morgan fingerprint density at radius 1 is 1.47 bits per heavy atom. The summed E-state index contributed by atoms with van der Waals surface area (Å²) in [5.74, 6) is 1.88. The SMILES string of the molecule is Fc1ccc(C2CSCCCN2)cc1Cl. The fourth-order valence-corrected chi connectivity index (χ4v) is 2.90. The molecule has 1 aliphatic heterocycles. The second-order valence-electron chi connectivity index (χ2n) is 3.61. The van der Waals surface area contributed by atoms with E-state index >= 15 is 0 Å². The van der Waals surface area contributed by atoms with E-state index in [-0.39, 0.29) is 10.8 Å². The summed E-state index contributed by atoms with van der Waals surface area (Å²) in [5, 5.41) is 3.65. The molecule has 0 aromatic heterocycles. The molecule has 2 rings (SSSR count). The van der Waals surface area contributed by atoms with Crippen molar-refractivity contribution in [3.63, 3.8) is 0 Å². The lowest BCUT2D eigenvalue weighted by molar-refractivity contribution is 0.585. The predicted molar refractivity (Wildman–Crippen MR) is 64.1 cm³/mol. The monoisotopic (exact) mass is 245 g/mol. The average Bonchev–Trinajstić information content (AvgIpc) is 2.50. The Kier molecular flexibility index (Phi) is 3.89. The van der Waals surface area contributed by atoms with Crippen molar-refractivity contribution in [3.8, 4) is 0 Å². The molecule has 1 nitrogen and oxygen atoms in total. The van der Waals surface area contributed by atoms with Crippen LogP contribution < -0.4 is 5.32 Å². The number of thioether (sulfide) groups is 1. The van der Waals surface area contributed by atoms with Gasteiger partial charge in [0, 0.05) is 11.8 Å². The summed E-state index contributed by atoms with van der Waals surface area (Å²) in [6.07, 6.45) is 1.19. The highest BCUT2D eigenvalue weighted by Gasteiger charge is 2.14. The molecule has 0 amide bonds. The van der Waals surface area contributed by atoms with Gasteiger partial charge < -0.3 is 5.32 Å². The molecule has 1 aliphatic rings.